The second-order valence-electron chi connectivity index (χ2n) is 4.12. The maximum absolute atomic E-state index is 11.7. The number of hydrogen-bond acceptors (Lipinski definition) is 6. The summed E-state index contributed by atoms with van der Waals surface area (Å²) in [4.78, 5) is 16.4. The summed E-state index contributed by atoms with van der Waals surface area (Å²) in [5.41, 5.74) is 4.00. The van der Waals surface area contributed by atoms with Crippen LogP contribution in [0.5, 0.6) is 11.5 Å². The molecule has 6 nitrogen and oxygen atoms in total. The first-order valence-corrected chi connectivity index (χ1v) is 6.24. The number of esters is 1. The average Bonchev–Trinajstić information content (AvgIpc) is 2.46. The van der Waals surface area contributed by atoms with Crippen LogP contribution in [-0.2, 0) is 14.4 Å². The molecule has 2 rings (SSSR count). The lowest BCUT2D eigenvalue weighted by atomic mass is 10.1. The fourth-order valence-corrected chi connectivity index (χ4v) is 1.79. The van der Waals surface area contributed by atoms with Gasteiger partial charge in [-0.15, -0.1) is 0 Å². The fraction of sp³-hybridized carbons (Fsp3) is 0.357. The van der Waals surface area contributed by atoms with Gasteiger partial charge in [0.1, 0.15) is 6.61 Å². The summed E-state index contributed by atoms with van der Waals surface area (Å²) < 4.78 is 16.0. The predicted molar refractivity (Wildman–Crippen MR) is 72.2 cm³/mol. The number of rotatable bonds is 5. The van der Waals surface area contributed by atoms with Gasteiger partial charge >= 0.3 is 5.97 Å². The topological polar surface area (TPSA) is 66.0 Å². The minimum Gasteiger partial charge on any atom is -0.485 e. The molecule has 0 aliphatic carbocycles. The third-order valence-electron chi connectivity index (χ3n) is 2.73. The molecule has 1 aliphatic heterocycles. The van der Waals surface area contributed by atoms with Gasteiger partial charge in [0.05, 0.1) is 19.4 Å². The molecule has 0 saturated heterocycles. The van der Waals surface area contributed by atoms with Crippen molar-refractivity contribution in [3.8, 4) is 11.5 Å². The minimum atomic E-state index is -0.749. The smallest absolute Gasteiger partial charge is 0.350 e. The van der Waals surface area contributed by atoms with Gasteiger partial charge in [-0.05, 0) is 25.1 Å². The molecule has 0 aromatic heterocycles. The quantitative estimate of drug-likeness (QED) is 0.651. The average molecular weight is 279 g/mol. The SMILES string of the molecule is C=C(NOC)c1ccc2c(c1)OC(C(=O)OCC)CO2. The first kappa shape index (κ1) is 14.2. The van der Waals surface area contributed by atoms with Gasteiger partial charge in [0.15, 0.2) is 11.5 Å². The monoisotopic (exact) mass is 279 g/mol. The van der Waals surface area contributed by atoms with Crippen LogP contribution in [0.3, 0.4) is 0 Å². The first-order valence-electron chi connectivity index (χ1n) is 6.24. The fourth-order valence-electron chi connectivity index (χ4n) is 1.79. The summed E-state index contributed by atoms with van der Waals surface area (Å²) in [6.07, 6.45) is -0.749. The molecule has 0 radical (unpaired) electrons. The number of carbonyl (C=O) groups is 1. The van der Waals surface area contributed by atoms with Crippen molar-refractivity contribution in [3.63, 3.8) is 0 Å². The number of benzene rings is 1. The molecular formula is C14H17NO5. The molecule has 0 spiro atoms. The largest absolute Gasteiger partial charge is 0.485 e. The molecule has 0 bridgehead atoms. The van der Waals surface area contributed by atoms with Crippen molar-refractivity contribution in [1.29, 1.82) is 0 Å². The number of ether oxygens (including phenoxy) is 3. The van der Waals surface area contributed by atoms with Gasteiger partial charge in [-0.2, -0.15) is 0 Å². The highest BCUT2D eigenvalue weighted by molar-refractivity contribution is 5.76. The van der Waals surface area contributed by atoms with E-state index in [1.54, 1.807) is 19.1 Å². The highest BCUT2D eigenvalue weighted by Gasteiger charge is 2.28. The molecule has 0 amide bonds. The van der Waals surface area contributed by atoms with Crippen LogP contribution < -0.4 is 15.0 Å². The summed E-state index contributed by atoms with van der Waals surface area (Å²) in [7, 11) is 1.50. The van der Waals surface area contributed by atoms with Gasteiger partial charge in [-0.1, -0.05) is 6.58 Å². The second kappa shape index (κ2) is 6.29. The Balaban J connectivity index is 2.15. The summed E-state index contributed by atoms with van der Waals surface area (Å²) in [6.45, 7) is 6.01. The van der Waals surface area contributed by atoms with Crippen LogP contribution in [-0.4, -0.2) is 32.4 Å². The van der Waals surface area contributed by atoms with Gasteiger partial charge in [0.25, 0.3) is 0 Å². The Morgan fingerprint density at radius 1 is 1.50 bits per heavy atom. The maximum Gasteiger partial charge on any atom is 0.350 e. The van der Waals surface area contributed by atoms with E-state index < -0.39 is 12.1 Å². The standard InChI is InChI=1S/C14H17NO5/c1-4-18-14(16)13-8-19-11-6-5-10(7-12(11)20-13)9(2)15-17-3/h5-7,13,15H,2,4,8H2,1,3H3. The Kier molecular flexibility index (Phi) is 4.47. The van der Waals surface area contributed by atoms with E-state index in [1.807, 2.05) is 6.07 Å². The Bertz CT molecular complexity index is 514. The maximum atomic E-state index is 11.7. The summed E-state index contributed by atoms with van der Waals surface area (Å²) >= 11 is 0. The Morgan fingerprint density at radius 2 is 2.30 bits per heavy atom. The first-order chi connectivity index (χ1) is 9.65. The summed E-state index contributed by atoms with van der Waals surface area (Å²) in [5, 5.41) is 0. The molecule has 1 N–H and O–H groups in total. The van der Waals surface area contributed by atoms with E-state index in [1.165, 1.54) is 7.11 Å². The van der Waals surface area contributed by atoms with E-state index in [0.717, 1.165) is 5.56 Å². The van der Waals surface area contributed by atoms with Crippen molar-refractivity contribution in [2.75, 3.05) is 20.3 Å². The van der Waals surface area contributed by atoms with Crippen molar-refractivity contribution in [1.82, 2.24) is 5.48 Å². The zero-order valence-electron chi connectivity index (χ0n) is 11.5. The van der Waals surface area contributed by atoms with Gasteiger partial charge < -0.3 is 14.2 Å². The van der Waals surface area contributed by atoms with Crippen molar-refractivity contribution in [2.45, 2.75) is 13.0 Å². The Hall–Kier alpha value is -2.21. The minimum absolute atomic E-state index is 0.141. The van der Waals surface area contributed by atoms with E-state index in [0.29, 0.717) is 23.8 Å². The molecule has 1 aromatic carbocycles. The van der Waals surface area contributed by atoms with Crippen LogP contribution in [0.1, 0.15) is 12.5 Å². The Labute approximate surface area is 117 Å². The molecule has 1 unspecified atom stereocenters. The molecule has 6 heteroatoms. The molecule has 1 aromatic rings. The highest BCUT2D eigenvalue weighted by atomic mass is 16.6. The molecule has 20 heavy (non-hydrogen) atoms. The normalized spacial score (nSPS) is 16.4. The van der Waals surface area contributed by atoms with Crippen LogP contribution in [0.4, 0.5) is 0 Å². The van der Waals surface area contributed by atoms with E-state index in [9.17, 15) is 4.79 Å². The van der Waals surface area contributed by atoms with Crippen LogP contribution in [0.2, 0.25) is 0 Å². The second-order valence-corrected chi connectivity index (χ2v) is 4.12. The van der Waals surface area contributed by atoms with Crippen molar-refractivity contribution >= 4 is 11.7 Å². The predicted octanol–water partition coefficient (Wildman–Crippen LogP) is 1.51. The third kappa shape index (κ3) is 3.03. The van der Waals surface area contributed by atoms with Gasteiger partial charge in [-0.25, -0.2) is 4.79 Å². The molecular weight excluding hydrogens is 262 g/mol. The van der Waals surface area contributed by atoms with Crippen LogP contribution in [0.25, 0.3) is 5.70 Å². The third-order valence-corrected chi connectivity index (χ3v) is 2.73. The molecule has 0 fully saturated rings. The van der Waals surface area contributed by atoms with Crippen LogP contribution >= 0.6 is 0 Å². The molecule has 0 saturated carbocycles. The summed E-state index contributed by atoms with van der Waals surface area (Å²) in [6, 6.07) is 5.31. The lowest BCUT2D eigenvalue weighted by molar-refractivity contribution is -0.153. The zero-order valence-corrected chi connectivity index (χ0v) is 11.5. The molecule has 1 aliphatic rings. The lowest BCUT2D eigenvalue weighted by Crippen LogP contribution is -2.37. The van der Waals surface area contributed by atoms with Crippen molar-refractivity contribution in [2.24, 2.45) is 0 Å². The van der Waals surface area contributed by atoms with Crippen molar-refractivity contribution in [3.05, 3.63) is 30.3 Å². The van der Waals surface area contributed by atoms with Gasteiger partial charge in [0, 0.05) is 5.56 Å². The van der Waals surface area contributed by atoms with E-state index in [4.69, 9.17) is 19.0 Å². The van der Waals surface area contributed by atoms with E-state index >= 15 is 0 Å². The summed E-state index contributed by atoms with van der Waals surface area (Å²) in [5.74, 6) is 0.628. The zero-order chi connectivity index (χ0) is 14.5. The lowest BCUT2D eigenvalue weighted by Gasteiger charge is -2.25. The van der Waals surface area contributed by atoms with Crippen LogP contribution in [0.15, 0.2) is 24.8 Å². The van der Waals surface area contributed by atoms with E-state index in [2.05, 4.69) is 12.1 Å². The van der Waals surface area contributed by atoms with Crippen LogP contribution in [0, 0.1) is 0 Å². The number of fused-ring (bicyclic) bond motifs is 1. The number of carbonyl (C=O) groups excluding carboxylic acids is 1. The molecule has 1 atom stereocenters. The number of hydrogen-bond donors (Lipinski definition) is 1. The Morgan fingerprint density at radius 3 is 3.00 bits per heavy atom. The van der Waals surface area contributed by atoms with Gasteiger partial charge in [0.2, 0.25) is 6.10 Å². The number of hydroxylamine groups is 1. The molecule has 1 heterocycles. The number of nitrogens with one attached hydrogen (secondary N) is 1. The highest BCUT2D eigenvalue weighted by Crippen LogP contribution is 2.34. The van der Waals surface area contributed by atoms with Gasteiger partial charge in [-0.3, -0.25) is 10.3 Å². The van der Waals surface area contributed by atoms with E-state index in [-0.39, 0.29) is 6.61 Å². The molecule has 108 valence electrons. The van der Waals surface area contributed by atoms with Crippen molar-refractivity contribution < 1.29 is 23.8 Å².